The van der Waals surface area contributed by atoms with E-state index in [2.05, 4.69) is 17.1 Å². The van der Waals surface area contributed by atoms with Crippen molar-refractivity contribution in [2.24, 2.45) is 16.6 Å². The summed E-state index contributed by atoms with van der Waals surface area (Å²) in [5.74, 6) is -1.86. The lowest BCUT2D eigenvalue weighted by Gasteiger charge is -2.23. The van der Waals surface area contributed by atoms with E-state index in [1.165, 1.54) is 0 Å². The van der Waals surface area contributed by atoms with Gasteiger partial charge in [-0.1, -0.05) is 35.3 Å². The minimum Gasteiger partial charge on any atom is -0.311 e. The van der Waals surface area contributed by atoms with Crippen LogP contribution in [0.2, 0.25) is 10.0 Å². The van der Waals surface area contributed by atoms with Gasteiger partial charge in [0.1, 0.15) is 0 Å². The molecule has 1 saturated heterocycles. The maximum absolute atomic E-state index is 9.95. The molecule has 0 aromatic heterocycles. The second kappa shape index (κ2) is 4.37. The molecule has 3 atom stereocenters. The SMILES string of the molecule is N#C[C@@]12C(N)=[NH+]C3(OCCO3)[C@]1(C#N)[C@@H]2c1cccc(Cl)c1Cl. The van der Waals surface area contributed by atoms with Crippen molar-refractivity contribution >= 4 is 29.0 Å². The smallest absolute Gasteiger partial charge is 0.311 e. The van der Waals surface area contributed by atoms with Gasteiger partial charge < -0.3 is 9.47 Å². The number of fused-ring (bicyclic) bond motifs is 2. The molecule has 1 aliphatic carbocycles. The molecular formula is C15H11Cl2N4O2+. The Morgan fingerprint density at radius 1 is 1.22 bits per heavy atom. The second-order valence-corrected chi connectivity index (χ2v) is 6.55. The number of ether oxygens (including phenoxy) is 2. The van der Waals surface area contributed by atoms with Crippen LogP contribution in [0.1, 0.15) is 11.5 Å². The lowest BCUT2D eigenvalue weighted by Crippen LogP contribution is -2.89. The highest BCUT2D eigenvalue weighted by Crippen LogP contribution is 2.79. The number of hydrogen-bond donors (Lipinski definition) is 2. The van der Waals surface area contributed by atoms with E-state index in [1.54, 1.807) is 18.2 Å². The number of rotatable bonds is 1. The number of halogens is 2. The third-order valence-electron chi connectivity index (χ3n) is 4.99. The van der Waals surface area contributed by atoms with Gasteiger partial charge in [0.25, 0.3) is 5.84 Å². The van der Waals surface area contributed by atoms with Crippen LogP contribution in [-0.2, 0) is 9.47 Å². The number of nitriles is 2. The van der Waals surface area contributed by atoms with Crippen LogP contribution in [-0.4, -0.2) is 25.0 Å². The largest absolute Gasteiger partial charge is 0.343 e. The monoisotopic (exact) mass is 349 g/mol. The molecule has 2 aliphatic heterocycles. The minimum absolute atomic E-state index is 0.157. The average molecular weight is 350 g/mol. The Bertz CT molecular complexity index is 837. The number of nitrogens with two attached hydrogens (primary N) is 1. The molecule has 116 valence electrons. The van der Waals surface area contributed by atoms with Crippen LogP contribution in [0.4, 0.5) is 0 Å². The highest BCUT2D eigenvalue weighted by molar-refractivity contribution is 6.42. The zero-order chi connectivity index (χ0) is 16.5. The van der Waals surface area contributed by atoms with Gasteiger partial charge in [0.05, 0.1) is 35.4 Å². The van der Waals surface area contributed by atoms with E-state index in [-0.39, 0.29) is 5.84 Å². The summed E-state index contributed by atoms with van der Waals surface area (Å²) in [5, 5.41) is 20.4. The summed E-state index contributed by atoms with van der Waals surface area (Å²) in [7, 11) is 0. The second-order valence-electron chi connectivity index (χ2n) is 5.77. The first-order valence-electron chi connectivity index (χ1n) is 6.96. The number of amidine groups is 1. The van der Waals surface area contributed by atoms with E-state index in [0.717, 1.165) is 0 Å². The Kier molecular flexibility index (Phi) is 2.80. The molecule has 0 amide bonds. The van der Waals surface area contributed by atoms with E-state index >= 15 is 0 Å². The quantitative estimate of drug-likeness (QED) is 0.756. The lowest BCUT2D eigenvalue weighted by atomic mass is 9.94. The molecule has 2 fully saturated rings. The highest BCUT2D eigenvalue weighted by Gasteiger charge is 2.97. The molecule has 3 N–H and O–H groups in total. The molecule has 1 aromatic rings. The van der Waals surface area contributed by atoms with Crippen molar-refractivity contribution in [3.8, 4) is 12.1 Å². The summed E-state index contributed by atoms with van der Waals surface area (Å²) in [6.45, 7) is 0.614. The molecule has 4 rings (SSSR count). The van der Waals surface area contributed by atoms with E-state index < -0.39 is 22.7 Å². The summed E-state index contributed by atoms with van der Waals surface area (Å²) in [4.78, 5) is 2.87. The van der Waals surface area contributed by atoms with Crippen molar-refractivity contribution in [2.75, 3.05) is 13.2 Å². The molecule has 1 spiro atoms. The van der Waals surface area contributed by atoms with Crippen molar-refractivity contribution in [1.29, 1.82) is 10.5 Å². The highest BCUT2D eigenvalue weighted by atomic mass is 35.5. The zero-order valence-electron chi connectivity index (χ0n) is 11.8. The number of nitrogens with one attached hydrogen (secondary N) is 1. The molecule has 23 heavy (non-hydrogen) atoms. The van der Waals surface area contributed by atoms with Crippen LogP contribution in [0.5, 0.6) is 0 Å². The fraction of sp³-hybridized carbons (Fsp3) is 0.400. The van der Waals surface area contributed by atoms with E-state index in [1.807, 2.05) is 0 Å². The summed E-state index contributed by atoms with van der Waals surface area (Å²) < 4.78 is 11.4. The Balaban J connectivity index is 1.97. The van der Waals surface area contributed by atoms with Crippen LogP contribution in [0.3, 0.4) is 0 Å². The Morgan fingerprint density at radius 2 is 1.91 bits per heavy atom. The van der Waals surface area contributed by atoms with Gasteiger partial charge in [0, 0.05) is 5.92 Å². The van der Waals surface area contributed by atoms with Gasteiger partial charge in [0.15, 0.2) is 10.8 Å². The van der Waals surface area contributed by atoms with Gasteiger partial charge in [-0.3, -0.25) is 5.73 Å². The van der Waals surface area contributed by atoms with Gasteiger partial charge in [-0.05, 0) is 11.6 Å². The van der Waals surface area contributed by atoms with Crippen LogP contribution in [0, 0.1) is 33.5 Å². The van der Waals surface area contributed by atoms with Crippen LogP contribution >= 0.6 is 23.2 Å². The Morgan fingerprint density at radius 3 is 2.52 bits per heavy atom. The van der Waals surface area contributed by atoms with E-state index in [4.69, 9.17) is 38.4 Å². The molecule has 8 heteroatoms. The molecule has 3 aliphatic rings. The topological polar surface area (TPSA) is 106 Å². The summed E-state index contributed by atoms with van der Waals surface area (Å²) in [6.07, 6.45) is 0. The number of hydrogen-bond acceptors (Lipinski definition) is 5. The van der Waals surface area contributed by atoms with Crippen LogP contribution < -0.4 is 10.7 Å². The maximum Gasteiger partial charge on any atom is 0.343 e. The predicted octanol–water partition coefficient (Wildman–Crippen LogP) is 0.263. The zero-order valence-corrected chi connectivity index (χ0v) is 13.3. The molecular weight excluding hydrogens is 339 g/mol. The van der Waals surface area contributed by atoms with Crippen molar-refractivity contribution in [2.45, 2.75) is 11.8 Å². The van der Waals surface area contributed by atoms with Crippen LogP contribution in [0.15, 0.2) is 18.2 Å². The molecule has 1 aromatic carbocycles. The van der Waals surface area contributed by atoms with Gasteiger partial charge in [0.2, 0.25) is 0 Å². The maximum atomic E-state index is 9.95. The summed E-state index contributed by atoms with van der Waals surface area (Å²) >= 11 is 12.4. The molecule has 2 heterocycles. The van der Waals surface area contributed by atoms with Crippen molar-refractivity contribution < 1.29 is 14.5 Å². The van der Waals surface area contributed by atoms with Gasteiger partial charge in [-0.2, -0.15) is 10.5 Å². The lowest BCUT2D eigenvalue weighted by molar-refractivity contribution is -0.676. The minimum atomic E-state index is -1.43. The molecule has 0 bridgehead atoms. The fourth-order valence-electron chi connectivity index (χ4n) is 4.03. The van der Waals surface area contributed by atoms with Gasteiger partial charge >= 0.3 is 5.91 Å². The van der Waals surface area contributed by atoms with Crippen molar-refractivity contribution in [3.63, 3.8) is 0 Å². The normalized spacial score (nSPS) is 36.2. The third kappa shape index (κ3) is 1.35. The summed E-state index contributed by atoms with van der Waals surface area (Å²) in [6, 6.07) is 9.53. The first-order valence-corrected chi connectivity index (χ1v) is 7.72. The van der Waals surface area contributed by atoms with E-state index in [9.17, 15) is 10.5 Å². The number of benzene rings is 1. The first kappa shape index (κ1) is 14.7. The first-order chi connectivity index (χ1) is 11.0. The molecule has 6 nitrogen and oxygen atoms in total. The predicted molar refractivity (Wildman–Crippen MR) is 80.1 cm³/mol. The van der Waals surface area contributed by atoms with Crippen molar-refractivity contribution in [1.82, 2.24) is 0 Å². The van der Waals surface area contributed by atoms with Crippen LogP contribution in [0.25, 0.3) is 0 Å². The van der Waals surface area contributed by atoms with Crippen molar-refractivity contribution in [3.05, 3.63) is 33.8 Å². The van der Waals surface area contributed by atoms with E-state index in [0.29, 0.717) is 28.8 Å². The number of nitrogens with zero attached hydrogens (tertiary/aromatic N) is 2. The molecule has 0 unspecified atom stereocenters. The summed E-state index contributed by atoms with van der Waals surface area (Å²) in [5.41, 5.74) is 4.09. The van der Waals surface area contributed by atoms with Gasteiger partial charge in [-0.25, -0.2) is 4.99 Å². The van der Waals surface area contributed by atoms with Gasteiger partial charge in [-0.15, -0.1) is 0 Å². The third-order valence-corrected chi connectivity index (χ3v) is 5.82. The molecule has 0 radical (unpaired) electrons. The fourth-order valence-corrected chi connectivity index (χ4v) is 4.45. The average Bonchev–Trinajstić information content (AvgIpc) is 2.78. The Hall–Kier alpha value is -1.83. The molecule has 1 saturated carbocycles. The Labute approximate surface area is 142 Å². The standard InChI is InChI=1S/C15H10Cl2N4O2/c16-9-3-1-2-8(10(9)17)11-13(6-18)12(20)21-15(14(11,13)7-19)22-4-5-23-15/h1-3,11H,4-5H2,(H2,20,21)/p+1/t11-,13-,14-/m1/s1.